The highest BCUT2D eigenvalue weighted by atomic mass is 19.4. The minimum absolute atomic E-state index is 0.252. The van der Waals surface area contributed by atoms with Crippen LogP contribution < -0.4 is 4.74 Å². The molecule has 3 rings (SSSR count). The van der Waals surface area contributed by atoms with Crippen LogP contribution >= 0.6 is 0 Å². The Morgan fingerprint density at radius 2 is 1.87 bits per heavy atom. The van der Waals surface area contributed by atoms with Gasteiger partial charge >= 0.3 is 6.36 Å². The van der Waals surface area contributed by atoms with Crippen LogP contribution in [0.4, 0.5) is 13.2 Å². The molecular weight excluding hydrogens is 307 g/mol. The second-order valence-electron chi connectivity index (χ2n) is 6.00. The first-order valence-electron chi connectivity index (χ1n) is 7.78. The molecule has 0 saturated heterocycles. The van der Waals surface area contributed by atoms with Gasteiger partial charge in [0.2, 0.25) is 0 Å². The van der Waals surface area contributed by atoms with Crippen LogP contribution in [0.5, 0.6) is 5.75 Å². The molecule has 0 aromatic heterocycles. The average Bonchev–Trinajstić information content (AvgIpc) is 3.14. The minimum Gasteiger partial charge on any atom is -0.411 e. The average molecular weight is 325 g/mol. The van der Waals surface area contributed by atoms with Gasteiger partial charge < -0.3 is 9.94 Å². The maximum atomic E-state index is 12.4. The number of oxime groups is 1. The van der Waals surface area contributed by atoms with Crippen molar-refractivity contribution in [2.24, 2.45) is 11.1 Å². The molecule has 124 valence electrons. The van der Waals surface area contributed by atoms with E-state index in [1.165, 1.54) is 36.6 Å². The molecular formula is C17H18F3NO2. The van der Waals surface area contributed by atoms with Crippen LogP contribution in [-0.4, -0.2) is 17.3 Å². The van der Waals surface area contributed by atoms with Gasteiger partial charge in [0.15, 0.2) is 0 Å². The molecule has 1 fully saturated rings. The van der Waals surface area contributed by atoms with Gasteiger partial charge in [-0.3, -0.25) is 0 Å². The van der Waals surface area contributed by atoms with E-state index < -0.39 is 6.36 Å². The van der Waals surface area contributed by atoms with Crippen molar-refractivity contribution < 1.29 is 23.1 Å². The molecule has 0 atom stereocenters. The Morgan fingerprint density at radius 1 is 1.13 bits per heavy atom. The third-order valence-electron chi connectivity index (χ3n) is 4.57. The number of benzene rings is 1. The molecule has 0 amide bonds. The molecule has 1 saturated carbocycles. The van der Waals surface area contributed by atoms with E-state index in [1.807, 2.05) is 0 Å². The van der Waals surface area contributed by atoms with E-state index in [-0.39, 0.29) is 5.75 Å². The molecule has 0 spiro atoms. The quantitative estimate of drug-likeness (QED) is 0.616. The van der Waals surface area contributed by atoms with Crippen molar-refractivity contribution in [1.82, 2.24) is 0 Å². The number of ether oxygens (including phenoxy) is 1. The molecule has 1 aromatic rings. The van der Waals surface area contributed by atoms with Gasteiger partial charge in [0.1, 0.15) is 5.75 Å². The normalized spacial score (nSPS) is 21.4. The molecule has 2 aliphatic carbocycles. The topological polar surface area (TPSA) is 41.8 Å². The summed E-state index contributed by atoms with van der Waals surface area (Å²) in [6.45, 7) is 0. The summed E-state index contributed by atoms with van der Waals surface area (Å²) < 4.78 is 41.3. The van der Waals surface area contributed by atoms with Crippen molar-refractivity contribution in [3.05, 3.63) is 35.4 Å². The summed E-state index contributed by atoms with van der Waals surface area (Å²) >= 11 is 0. The van der Waals surface area contributed by atoms with Gasteiger partial charge in [-0.05, 0) is 49.3 Å². The summed E-state index contributed by atoms with van der Waals surface area (Å²) in [5.74, 6) is 0.189. The summed E-state index contributed by atoms with van der Waals surface area (Å²) in [6.07, 6.45) is 1.25. The van der Waals surface area contributed by atoms with Crippen LogP contribution in [0.3, 0.4) is 0 Å². The number of hydrogen-bond donors (Lipinski definition) is 1. The summed E-state index contributed by atoms with van der Waals surface area (Å²) in [4.78, 5) is 0. The largest absolute Gasteiger partial charge is 0.573 e. The second-order valence-corrected chi connectivity index (χ2v) is 6.00. The number of alkyl halides is 3. The Kier molecular flexibility index (Phi) is 4.33. The number of nitrogens with zero attached hydrogens (tertiary/aromatic N) is 1. The van der Waals surface area contributed by atoms with Crippen molar-refractivity contribution in [2.75, 3.05) is 0 Å². The van der Waals surface area contributed by atoms with E-state index in [2.05, 4.69) is 9.89 Å². The lowest BCUT2D eigenvalue weighted by atomic mass is 9.91. The fourth-order valence-electron chi connectivity index (χ4n) is 3.67. The zero-order valence-corrected chi connectivity index (χ0v) is 12.6. The highest BCUT2D eigenvalue weighted by Crippen LogP contribution is 2.43. The first kappa shape index (κ1) is 15.9. The van der Waals surface area contributed by atoms with Crippen molar-refractivity contribution in [1.29, 1.82) is 0 Å². The third kappa shape index (κ3) is 3.51. The molecule has 0 bridgehead atoms. The molecule has 2 aliphatic rings. The van der Waals surface area contributed by atoms with Crippen molar-refractivity contribution in [3.8, 4) is 5.75 Å². The maximum Gasteiger partial charge on any atom is 0.573 e. The molecule has 1 N–H and O–H groups in total. The summed E-state index contributed by atoms with van der Waals surface area (Å²) in [7, 11) is 0. The van der Waals surface area contributed by atoms with Gasteiger partial charge in [0, 0.05) is 5.57 Å². The molecule has 6 heteroatoms. The lowest BCUT2D eigenvalue weighted by Gasteiger charge is -2.15. The molecule has 3 nitrogen and oxygen atoms in total. The van der Waals surface area contributed by atoms with Crippen LogP contribution in [0.2, 0.25) is 0 Å². The zero-order valence-electron chi connectivity index (χ0n) is 12.6. The van der Waals surface area contributed by atoms with Crippen LogP contribution in [0.1, 0.15) is 44.1 Å². The highest BCUT2D eigenvalue weighted by molar-refractivity contribution is 6.26. The Labute approximate surface area is 132 Å². The molecule has 0 unspecified atom stereocenters. The lowest BCUT2D eigenvalue weighted by Crippen LogP contribution is -2.17. The first-order valence-corrected chi connectivity index (χ1v) is 7.78. The van der Waals surface area contributed by atoms with Crippen LogP contribution in [0.25, 0.3) is 5.57 Å². The van der Waals surface area contributed by atoms with E-state index in [4.69, 9.17) is 0 Å². The fourth-order valence-corrected chi connectivity index (χ4v) is 3.67. The Morgan fingerprint density at radius 3 is 2.52 bits per heavy atom. The van der Waals surface area contributed by atoms with E-state index in [0.717, 1.165) is 24.8 Å². The number of halogens is 3. The lowest BCUT2D eigenvalue weighted by molar-refractivity contribution is -0.274. The van der Waals surface area contributed by atoms with E-state index in [1.54, 1.807) is 6.07 Å². The minimum atomic E-state index is -4.72. The van der Waals surface area contributed by atoms with Crippen LogP contribution in [-0.2, 0) is 0 Å². The predicted molar refractivity (Wildman–Crippen MR) is 80.5 cm³/mol. The SMILES string of the molecule is O/N=C1\CCC(C2CCCC2)=C1c1cccc(OC(F)(F)F)c1. The van der Waals surface area contributed by atoms with E-state index >= 15 is 0 Å². The van der Waals surface area contributed by atoms with Gasteiger partial charge in [-0.1, -0.05) is 35.7 Å². The number of hydrogen-bond acceptors (Lipinski definition) is 3. The number of rotatable bonds is 3. The summed E-state index contributed by atoms with van der Waals surface area (Å²) in [5, 5.41) is 12.6. The van der Waals surface area contributed by atoms with Crippen molar-refractivity contribution in [3.63, 3.8) is 0 Å². The monoisotopic (exact) mass is 325 g/mol. The van der Waals surface area contributed by atoms with Crippen molar-refractivity contribution >= 4 is 11.3 Å². The van der Waals surface area contributed by atoms with E-state index in [0.29, 0.717) is 23.6 Å². The van der Waals surface area contributed by atoms with Gasteiger partial charge in [0.25, 0.3) is 0 Å². The molecule has 1 aromatic carbocycles. The Balaban J connectivity index is 1.99. The maximum absolute atomic E-state index is 12.4. The second kappa shape index (κ2) is 6.26. The molecule has 23 heavy (non-hydrogen) atoms. The van der Waals surface area contributed by atoms with E-state index in [9.17, 15) is 18.4 Å². The standard InChI is InChI=1S/C17H18F3NO2/c18-17(19,20)23-13-7-3-6-12(10-13)16-14(8-9-15(16)21-22)11-4-1-2-5-11/h3,6-7,10-11,22H,1-2,4-5,8-9H2/b21-15+. The molecule has 0 aliphatic heterocycles. The third-order valence-corrected chi connectivity index (χ3v) is 4.57. The Bertz CT molecular complexity index is 643. The van der Waals surface area contributed by atoms with Gasteiger partial charge in [0.05, 0.1) is 5.71 Å². The Hall–Kier alpha value is -1.98. The van der Waals surface area contributed by atoms with Gasteiger partial charge in [-0.15, -0.1) is 13.2 Å². The molecule has 0 heterocycles. The molecule has 0 radical (unpaired) electrons. The zero-order chi connectivity index (χ0) is 16.4. The smallest absolute Gasteiger partial charge is 0.411 e. The summed E-state index contributed by atoms with van der Waals surface area (Å²) in [5.41, 5.74) is 3.18. The van der Waals surface area contributed by atoms with Crippen LogP contribution in [0.15, 0.2) is 35.0 Å². The summed E-state index contributed by atoms with van der Waals surface area (Å²) in [6, 6.07) is 5.92. The predicted octanol–water partition coefficient (Wildman–Crippen LogP) is 5.15. The van der Waals surface area contributed by atoms with Crippen molar-refractivity contribution in [2.45, 2.75) is 44.9 Å². The number of allylic oxidation sites excluding steroid dienone is 2. The van der Waals surface area contributed by atoms with Crippen LogP contribution in [0, 0.1) is 5.92 Å². The van der Waals surface area contributed by atoms with Gasteiger partial charge in [-0.2, -0.15) is 0 Å². The first-order chi connectivity index (χ1) is 11.0. The fraction of sp³-hybridized carbons (Fsp3) is 0.471. The highest BCUT2D eigenvalue weighted by Gasteiger charge is 2.33. The van der Waals surface area contributed by atoms with Gasteiger partial charge in [-0.25, -0.2) is 0 Å².